The van der Waals surface area contributed by atoms with Gasteiger partial charge in [0.2, 0.25) is 0 Å². The second-order valence-electron chi connectivity index (χ2n) is 13.4. The normalized spacial score (nSPS) is 14.2. The first-order valence-corrected chi connectivity index (χ1v) is 21.5. The molecule has 0 saturated heterocycles. The largest absolute Gasteiger partial charge is 0.480 e. The number of ether oxygens (including phenoxy) is 2. The Kier molecular flexibility index (Phi) is 34.1. The van der Waals surface area contributed by atoms with E-state index in [9.17, 15) is 23.8 Å². The van der Waals surface area contributed by atoms with Crippen LogP contribution in [0.15, 0.2) is 36.5 Å². The van der Waals surface area contributed by atoms with Crippen molar-refractivity contribution in [1.29, 1.82) is 0 Å². The summed E-state index contributed by atoms with van der Waals surface area (Å²) in [5, 5.41) is 8.86. The predicted molar refractivity (Wildman–Crippen MR) is 208 cm³/mol. The second-order valence-corrected chi connectivity index (χ2v) is 14.9. The number of hydrogen-bond acceptors (Lipinski definition) is 9. The van der Waals surface area contributed by atoms with Crippen molar-refractivity contribution in [2.24, 2.45) is 5.73 Å². The van der Waals surface area contributed by atoms with Crippen LogP contribution in [0.25, 0.3) is 0 Å². The number of aliphatic carboxylic acids is 1. The second kappa shape index (κ2) is 35.7. The van der Waals surface area contributed by atoms with Gasteiger partial charge in [0.1, 0.15) is 12.6 Å². The summed E-state index contributed by atoms with van der Waals surface area (Å²) < 4.78 is 32.5. The van der Waals surface area contributed by atoms with Gasteiger partial charge in [-0.05, 0) is 70.6 Å². The number of carboxylic acids is 1. The van der Waals surface area contributed by atoms with Gasteiger partial charge in [-0.25, -0.2) is 4.57 Å². The SMILES string of the molecule is CCCCCC/C=C/CCCCCCCC(=O)OC[C@H](COP(=O)(O)OC[C@H](N)C(=O)O)OC(=O)CCCC/C=C/C/C=C/CCCCCCCC. The van der Waals surface area contributed by atoms with Crippen LogP contribution in [0.2, 0.25) is 0 Å². The lowest BCUT2D eigenvalue weighted by Crippen LogP contribution is -2.34. The third-order valence-electron chi connectivity index (χ3n) is 8.36. The molecule has 0 aromatic rings. The maximum absolute atomic E-state index is 12.6. The number of phosphoric ester groups is 1. The summed E-state index contributed by atoms with van der Waals surface area (Å²) in [5.41, 5.74) is 5.32. The monoisotopic (exact) mass is 757 g/mol. The van der Waals surface area contributed by atoms with Crippen LogP contribution < -0.4 is 5.73 Å². The third kappa shape index (κ3) is 34.8. The zero-order valence-corrected chi connectivity index (χ0v) is 33.3. The Morgan fingerprint density at radius 1 is 0.596 bits per heavy atom. The molecule has 52 heavy (non-hydrogen) atoms. The molecule has 3 atom stereocenters. The first kappa shape index (κ1) is 49.7. The van der Waals surface area contributed by atoms with E-state index in [1.54, 1.807) is 0 Å². The molecule has 11 nitrogen and oxygen atoms in total. The van der Waals surface area contributed by atoms with E-state index >= 15 is 0 Å². The van der Waals surface area contributed by atoms with Gasteiger partial charge in [0.05, 0.1) is 13.2 Å². The van der Waals surface area contributed by atoms with Gasteiger partial charge in [0.15, 0.2) is 6.10 Å². The van der Waals surface area contributed by atoms with E-state index in [4.69, 9.17) is 24.8 Å². The number of allylic oxidation sites excluding steroid dienone is 6. The fourth-order valence-corrected chi connectivity index (χ4v) is 5.92. The van der Waals surface area contributed by atoms with E-state index in [1.807, 2.05) is 0 Å². The molecule has 302 valence electrons. The number of hydrogen-bond donors (Lipinski definition) is 3. The average Bonchev–Trinajstić information content (AvgIpc) is 3.12. The zero-order valence-electron chi connectivity index (χ0n) is 32.4. The third-order valence-corrected chi connectivity index (χ3v) is 9.31. The zero-order chi connectivity index (χ0) is 38.5. The number of carboxylic acid groups (broad SMARTS) is 1. The maximum atomic E-state index is 12.6. The molecule has 12 heteroatoms. The summed E-state index contributed by atoms with van der Waals surface area (Å²) in [6.07, 6.45) is 36.4. The molecule has 0 aliphatic carbocycles. The molecule has 0 fully saturated rings. The summed E-state index contributed by atoms with van der Waals surface area (Å²) in [6.45, 7) is 2.72. The minimum atomic E-state index is -4.72. The van der Waals surface area contributed by atoms with Crippen LogP contribution >= 0.6 is 7.82 Å². The molecule has 0 bridgehead atoms. The van der Waals surface area contributed by atoms with E-state index in [-0.39, 0.29) is 19.4 Å². The highest BCUT2D eigenvalue weighted by molar-refractivity contribution is 7.47. The fourth-order valence-electron chi connectivity index (χ4n) is 5.15. The van der Waals surface area contributed by atoms with Crippen molar-refractivity contribution in [3.05, 3.63) is 36.5 Å². The van der Waals surface area contributed by atoms with E-state index in [1.165, 1.54) is 64.2 Å². The number of unbranched alkanes of at least 4 members (excludes halogenated alkanes) is 17. The molecule has 0 aromatic carbocycles. The molecule has 0 spiro atoms. The van der Waals surface area contributed by atoms with Crippen LogP contribution in [0.3, 0.4) is 0 Å². The lowest BCUT2D eigenvalue weighted by Gasteiger charge is -2.20. The van der Waals surface area contributed by atoms with Crippen molar-refractivity contribution >= 4 is 25.7 Å². The summed E-state index contributed by atoms with van der Waals surface area (Å²) >= 11 is 0. The van der Waals surface area contributed by atoms with Gasteiger partial charge in [0.25, 0.3) is 0 Å². The van der Waals surface area contributed by atoms with Crippen LogP contribution in [0.4, 0.5) is 0 Å². The average molecular weight is 758 g/mol. The van der Waals surface area contributed by atoms with Crippen molar-refractivity contribution in [2.45, 2.75) is 180 Å². The molecule has 0 aliphatic heterocycles. The Morgan fingerprint density at radius 3 is 1.58 bits per heavy atom. The molecule has 0 heterocycles. The molecular weight excluding hydrogens is 685 g/mol. The van der Waals surface area contributed by atoms with Gasteiger partial charge in [-0.1, -0.05) is 121 Å². The minimum Gasteiger partial charge on any atom is -0.480 e. The Morgan fingerprint density at radius 2 is 1.02 bits per heavy atom. The Labute approximate surface area is 314 Å². The first-order chi connectivity index (χ1) is 25.1. The van der Waals surface area contributed by atoms with Crippen LogP contribution in [0.5, 0.6) is 0 Å². The molecule has 1 unspecified atom stereocenters. The first-order valence-electron chi connectivity index (χ1n) is 20.0. The lowest BCUT2D eigenvalue weighted by atomic mass is 10.1. The molecule has 0 saturated carbocycles. The van der Waals surface area contributed by atoms with E-state index in [2.05, 4.69) is 54.8 Å². The molecular formula is C40H72NO10P. The highest BCUT2D eigenvalue weighted by atomic mass is 31.2. The Hall–Kier alpha value is -2.30. The molecule has 4 N–H and O–H groups in total. The van der Waals surface area contributed by atoms with Gasteiger partial charge in [-0.3, -0.25) is 23.4 Å². The van der Waals surface area contributed by atoms with E-state index in [0.717, 1.165) is 64.2 Å². The maximum Gasteiger partial charge on any atom is 0.472 e. The van der Waals surface area contributed by atoms with Gasteiger partial charge < -0.3 is 25.2 Å². The van der Waals surface area contributed by atoms with E-state index < -0.39 is 51.1 Å². The summed E-state index contributed by atoms with van der Waals surface area (Å²) in [6, 6.07) is -1.53. The van der Waals surface area contributed by atoms with Gasteiger partial charge in [0, 0.05) is 12.8 Å². The fraction of sp³-hybridized carbons (Fsp3) is 0.775. The highest BCUT2D eigenvalue weighted by Gasteiger charge is 2.28. The van der Waals surface area contributed by atoms with Gasteiger partial charge in [-0.2, -0.15) is 0 Å². The molecule has 0 radical (unpaired) electrons. The standard InChI is InChI=1S/C40H72NO10P/c1-3-5-7-9-11-13-15-17-18-20-22-24-26-28-30-32-39(43)51-36(34-49-52(46,47)50-35-37(41)40(44)45)33-48-38(42)31-29-27-25-23-21-19-16-14-12-10-8-6-4-2/h14,16-18,22,24,36-37H,3-13,15,19-21,23,25-35,41H2,1-2H3,(H,44,45)(H,46,47)/b16-14+,18-17+,24-22+/t36-,37+/m1/s1. The Balaban J connectivity index is 4.49. The highest BCUT2D eigenvalue weighted by Crippen LogP contribution is 2.43. The minimum absolute atomic E-state index is 0.117. The van der Waals surface area contributed by atoms with Crippen molar-refractivity contribution in [1.82, 2.24) is 0 Å². The van der Waals surface area contributed by atoms with E-state index in [0.29, 0.717) is 12.8 Å². The van der Waals surface area contributed by atoms with Crippen LogP contribution in [0, 0.1) is 0 Å². The lowest BCUT2D eigenvalue weighted by molar-refractivity contribution is -0.161. The summed E-state index contributed by atoms with van der Waals surface area (Å²) in [5.74, 6) is -2.43. The van der Waals surface area contributed by atoms with Crippen molar-refractivity contribution in [2.75, 3.05) is 19.8 Å². The van der Waals surface area contributed by atoms with Crippen LogP contribution in [-0.2, 0) is 37.5 Å². The number of rotatable bonds is 37. The van der Waals surface area contributed by atoms with Crippen molar-refractivity contribution in [3.63, 3.8) is 0 Å². The van der Waals surface area contributed by atoms with Crippen LogP contribution in [-0.4, -0.2) is 59.9 Å². The topological polar surface area (TPSA) is 172 Å². The predicted octanol–water partition coefficient (Wildman–Crippen LogP) is 10.1. The number of carbonyl (C=O) groups is 3. The van der Waals surface area contributed by atoms with Crippen molar-refractivity contribution < 1.29 is 47.5 Å². The molecule has 0 aromatic heterocycles. The summed E-state index contributed by atoms with van der Waals surface area (Å²) in [4.78, 5) is 45.8. The van der Waals surface area contributed by atoms with Gasteiger partial charge in [-0.15, -0.1) is 0 Å². The van der Waals surface area contributed by atoms with Gasteiger partial charge >= 0.3 is 25.7 Å². The smallest absolute Gasteiger partial charge is 0.472 e. The number of carbonyl (C=O) groups excluding carboxylic acids is 2. The Bertz CT molecular complexity index is 1030. The molecule has 0 amide bonds. The summed E-state index contributed by atoms with van der Waals surface area (Å²) in [7, 11) is -4.72. The van der Waals surface area contributed by atoms with Crippen LogP contribution in [0.1, 0.15) is 168 Å². The van der Waals surface area contributed by atoms with Crippen molar-refractivity contribution in [3.8, 4) is 0 Å². The number of nitrogens with two attached hydrogens (primary N) is 1. The molecule has 0 aliphatic rings. The molecule has 0 rings (SSSR count). The number of phosphoric acid groups is 1. The quantitative estimate of drug-likeness (QED) is 0.0238. The number of esters is 2.